The van der Waals surface area contributed by atoms with Gasteiger partial charge < -0.3 is 9.84 Å². The average molecular weight is 120 g/mol. The van der Waals surface area contributed by atoms with Crippen LogP contribution in [0.1, 0.15) is 6.42 Å². The van der Waals surface area contributed by atoms with E-state index >= 15 is 0 Å². The fourth-order valence-electron chi connectivity index (χ4n) is 0.475. The van der Waals surface area contributed by atoms with E-state index in [2.05, 4.69) is 0 Å². The van der Waals surface area contributed by atoms with Crippen LogP contribution in [-0.4, -0.2) is 23.1 Å². The lowest BCUT2D eigenvalue weighted by Crippen LogP contribution is -2.14. The standard InChI is InChI=1S/C4H8O2S/c5-4-6-2-1-3-7-4/h4-5H,1-3H2. The van der Waals surface area contributed by atoms with Crippen LogP contribution in [0.5, 0.6) is 0 Å². The van der Waals surface area contributed by atoms with Crippen LogP contribution in [-0.2, 0) is 4.74 Å². The number of aliphatic hydroxyl groups is 1. The largest absolute Gasteiger partial charge is 0.360 e. The summed E-state index contributed by atoms with van der Waals surface area (Å²) < 4.78 is 4.80. The number of rotatable bonds is 0. The average Bonchev–Trinajstić information content (AvgIpc) is 1.69. The van der Waals surface area contributed by atoms with Gasteiger partial charge in [0, 0.05) is 5.75 Å². The molecular weight excluding hydrogens is 112 g/mol. The Morgan fingerprint density at radius 2 is 2.57 bits per heavy atom. The Morgan fingerprint density at radius 1 is 1.71 bits per heavy atom. The molecule has 1 rings (SSSR count). The SMILES string of the molecule is OC1OCCCS1. The molecule has 1 unspecified atom stereocenters. The zero-order valence-electron chi connectivity index (χ0n) is 3.96. The van der Waals surface area contributed by atoms with Crippen molar-refractivity contribution in [1.29, 1.82) is 0 Å². The van der Waals surface area contributed by atoms with Gasteiger partial charge in [0.25, 0.3) is 0 Å². The summed E-state index contributed by atoms with van der Waals surface area (Å²) >= 11 is 1.45. The molecule has 3 heteroatoms. The highest BCUT2D eigenvalue weighted by Crippen LogP contribution is 2.15. The molecule has 0 saturated carbocycles. The topological polar surface area (TPSA) is 29.5 Å². The third kappa shape index (κ3) is 1.67. The van der Waals surface area contributed by atoms with Crippen LogP contribution >= 0.6 is 11.8 Å². The minimum absolute atomic E-state index is 0.547. The fraction of sp³-hybridized carbons (Fsp3) is 1.00. The van der Waals surface area contributed by atoms with Crippen molar-refractivity contribution in [2.75, 3.05) is 12.4 Å². The second-order valence-corrected chi connectivity index (χ2v) is 2.55. The van der Waals surface area contributed by atoms with Crippen molar-refractivity contribution in [2.45, 2.75) is 12.0 Å². The van der Waals surface area contributed by atoms with E-state index in [0.717, 1.165) is 12.2 Å². The molecule has 0 radical (unpaired) electrons. The van der Waals surface area contributed by atoms with E-state index < -0.39 is 5.62 Å². The predicted octanol–water partition coefficient (Wildman–Crippen LogP) is 0.416. The van der Waals surface area contributed by atoms with Crippen molar-refractivity contribution >= 4 is 11.8 Å². The van der Waals surface area contributed by atoms with Gasteiger partial charge in [-0.1, -0.05) is 0 Å². The first-order valence-corrected chi connectivity index (χ1v) is 3.36. The van der Waals surface area contributed by atoms with Gasteiger partial charge in [0.1, 0.15) is 0 Å². The highest BCUT2D eigenvalue weighted by atomic mass is 32.2. The Morgan fingerprint density at radius 3 is 2.86 bits per heavy atom. The molecule has 0 bridgehead atoms. The highest BCUT2D eigenvalue weighted by molar-refractivity contribution is 7.99. The Balaban J connectivity index is 2.12. The summed E-state index contributed by atoms with van der Waals surface area (Å²) in [4.78, 5) is 0. The third-order valence-corrected chi connectivity index (χ3v) is 1.76. The molecule has 42 valence electrons. The normalized spacial score (nSPS) is 33.0. The summed E-state index contributed by atoms with van der Waals surface area (Å²) in [6.45, 7) is 0.716. The van der Waals surface area contributed by atoms with Gasteiger partial charge in [-0.25, -0.2) is 0 Å². The number of thioether (sulfide) groups is 1. The lowest BCUT2D eigenvalue weighted by atomic mass is 10.5. The van der Waals surface area contributed by atoms with Gasteiger partial charge >= 0.3 is 0 Å². The van der Waals surface area contributed by atoms with Crippen molar-refractivity contribution in [1.82, 2.24) is 0 Å². The second-order valence-electron chi connectivity index (χ2n) is 1.40. The molecule has 7 heavy (non-hydrogen) atoms. The number of hydrogen-bond donors (Lipinski definition) is 1. The Labute approximate surface area is 46.9 Å². The van der Waals surface area contributed by atoms with E-state index in [1.54, 1.807) is 0 Å². The number of aliphatic hydroxyl groups excluding tert-OH is 1. The molecule has 0 spiro atoms. The van der Waals surface area contributed by atoms with E-state index in [1.165, 1.54) is 11.8 Å². The number of hydrogen-bond acceptors (Lipinski definition) is 3. The summed E-state index contributed by atoms with van der Waals surface area (Å²) in [7, 11) is 0. The molecule has 0 aromatic carbocycles. The van der Waals surface area contributed by atoms with Gasteiger partial charge in [0.05, 0.1) is 6.61 Å². The van der Waals surface area contributed by atoms with Crippen LogP contribution in [0.15, 0.2) is 0 Å². The fourth-order valence-corrected chi connectivity index (χ4v) is 1.15. The quantitative estimate of drug-likeness (QED) is 0.502. The molecular formula is C4H8O2S. The molecule has 1 heterocycles. The summed E-state index contributed by atoms with van der Waals surface area (Å²) in [6.07, 6.45) is 1.07. The van der Waals surface area contributed by atoms with Crippen LogP contribution in [0.2, 0.25) is 0 Å². The molecule has 0 amide bonds. The molecule has 1 aliphatic heterocycles. The zero-order chi connectivity index (χ0) is 5.11. The minimum Gasteiger partial charge on any atom is -0.360 e. The van der Waals surface area contributed by atoms with E-state index in [-0.39, 0.29) is 0 Å². The van der Waals surface area contributed by atoms with Crippen molar-refractivity contribution in [3.63, 3.8) is 0 Å². The predicted molar refractivity (Wildman–Crippen MR) is 29.0 cm³/mol. The molecule has 1 N–H and O–H groups in total. The smallest absolute Gasteiger partial charge is 0.204 e. The lowest BCUT2D eigenvalue weighted by Gasteiger charge is -2.15. The van der Waals surface area contributed by atoms with E-state index in [4.69, 9.17) is 9.84 Å². The van der Waals surface area contributed by atoms with Gasteiger partial charge in [-0.05, 0) is 6.42 Å². The molecule has 2 nitrogen and oxygen atoms in total. The second kappa shape index (κ2) is 2.55. The summed E-state index contributed by atoms with van der Waals surface area (Å²) in [5, 5.41) is 8.65. The maximum Gasteiger partial charge on any atom is 0.204 e. The Kier molecular flexibility index (Phi) is 1.97. The molecule has 1 aliphatic rings. The number of ether oxygens (including phenoxy) is 1. The van der Waals surface area contributed by atoms with Crippen molar-refractivity contribution < 1.29 is 9.84 Å². The molecule has 1 fully saturated rings. The van der Waals surface area contributed by atoms with Crippen LogP contribution in [0.25, 0.3) is 0 Å². The maximum atomic E-state index is 8.65. The highest BCUT2D eigenvalue weighted by Gasteiger charge is 2.08. The first-order valence-electron chi connectivity index (χ1n) is 2.31. The van der Waals surface area contributed by atoms with E-state index in [1.807, 2.05) is 0 Å². The summed E-state index contributed by atoms with van der Waals surface area (Å²) in [6, 6.07) is 0. The van der Waals surface area contributed by atoms with E-state index in [9.17, 15) is 0 Å². The Hall–Kier alpha value is 0.270. The van der Waals surface area contributed by atoms with Gasteiger partial charge in [0.15, 0.2) is 0 Å². The van der Waals surface area contributed by atoms with Crippen LogP contribution in [0.3, 0.4) is 0 Å². The monoisotopic (exact) mass is 120 g/mol. The van der Waals surface area contributed by atoms with Gasteiger partial charge in [-0.15, -0.1) is 11.8 Å². The van der Waals surface area contributed by atoms with Gasteiger partial charge in [0.2, 0.25) is 5.62 Å². The molecule has 1 saturated heterocycles. The summed E-state index contributed by atoms with van der Waals surface area (Å²) in [5.74, 6) is 1.03. The van der Waals surface area contributed by atoms with E-state index in [0.29, 0.717) is 6.61 Å². The Bertz CT molecular complexity index is 51.7. The summed E-state index contributed by atoms with van der Waals surface area (Å²) in [5.41, 5.74) is -0.547. The van der Waals surface area contributed by atoms with Crippen LogP contribution in [0.4, 0.5) is 0 Å². The minimum atomic E-state index is -0.547. The lowest BCUT2D eigenvalue weighted by molar-refractivity contribution is -0.0371. The van der Waals surface area contributed by atoms with Gasteiger partial charge in [-0.3, -0.25) is 0 Å². The first-order chi connectivity index (χ1) is 3.39. The zero-order valence-corrected chi connectivity index (χ0v) is 4.78. The van der Waals surface area contributed by atoms with Crippen molar-refractivity contribution in [3.8, 4) is 0 Å². The van der Waals surface area contributed by atoms with Crippen molar-refractivity contribution in [3.05, 3.63) is 0 Å². The van der Waals surface area contributed by atoms with Crippen LogP contribution < -0.4 is 0 Å². The molecule has 1 atom stereocenters. The third-order valence-electron chi connectivity index (χ3n) is 0.810. The molecule has 0 aromatic rings. The maximum absolute atomic E-state index is 8.65. The van der Waals surface area contributed by atoms with Gasteiger partial charge in [-0.2, -0.15) is 0 Å². The van der Waals surface area contributed by atoms with Crippen molar-refractivity contribution in [2.24, 2.45) is 0 Å². The van der Waals surface area contributed by atoms with Crippen LogP contribution in [0, 0.1) is 0 Å². The first kappa shape index (κ1) is 5.41. The molecule has 0 aliphatic carbocycles. The molecule has 0 aromatic heterocycles.